The molecule has 8 heteroatoms. The van der Waals surface area contributed by atoms with Crippen molar-refractivity contribution in [3.05, 3.63) is 11.6 Å². The Morgan fingerprint density at radius 2 is 1.35 bits per heavy atom. The Morgan fingerprint density at radius 3 is 1.77 bits per heavy atom. The molecule has 0 spiro atoms. The summed E-state index contributed by atoms with van der Waals surface area (Å²) in [5, 5.41) is 0.174. The standard InChI is InChI=1S/C32H64O5Si3/c1-17-40(18-2,19-3)37-28-23(5)29(36-39(15,16)32(9,10)11)26-24(28)20-22(4)25(27(26)30(33)34-12)21-35-38(13,14)31(6,7)8/h20,23-29H,17-19,21H2,1-16H3/t23-,24+,25-,26-,27-,28+,29-/m0/s1. The van der Waals surface area contributed by atoms with Gasteiger partial charge in [-0.05, 0) is 61.3 Å². The number of rotatable bonds is 11. The Balaban J connectivity index is 2.67. The van der Waals surface area contributed by atoms with Gasteiger partial charge in [-0.15, -0.1) is 0 Å². The Hall–Kier alpha value is -0.259. The van der Waals surface area contributed by atoms with Gasteiger partial charge in [-0.1, -0.05) is 80.9 Å². The summed E-state index contributed by atoms with van der Waals surface area (Å²) in [5.41, 5.74) is 1.24. The Kier molecular flexibility index (Phi) is 11.5. The molecule has 0 amide bonds. The first-order valence-electron chi connectivity index (χ1n) is 15.9. The number of ether oxygens (including phenoxy) is 1. The van der Waals surface area contributed by atoms with Crippen molar-refractivity contribution in [2.24, 2.45) is 29.6 Å². The highest BCUT2D eigenvalue weighted by atomic mass is 28.4. The summed E-state index contributed by atoms with van der Waals surface area (Å²) in [6.07, 6.45) is 2.44. The Bertz CT molecular complexity index is 889. The highest BCUT2D eigenvalue weighted by Gasteiger charge is 2.60. The van der Waals surface area contributed by atoms with E-state index in [4.69, 9.17) is 18.0 Å². The molecular weight excluding hydrogens is 549 g/mol. The molecule has 0 saturated heterocycles. The summed E-state index contributed by atoms with van der Waals surface area (Å²) >= 11 is 0. The molecule has 0 aromatic heterocycles. The normalized spacial score (nSPS) is 30.2. The first-order chi connectivity index (χ1) is 18.1. The van der Waals surface area contributed by atoms with E-state index in [1.807, 2.05) is 0 Å². The molecular formula is C32H64O5Si3. The van der Waals surface area contributed by atoms with E-state index >= 15 is 0 Å². The molecule has 2 rings (SSSR count). The Labute approximate surface area is 250 Å². The Morgan fingerprint density at radius 1 is 0.850 bits per heavy atom. The maximum atomic E-state index is 13.8. The molecule has 0 aromatic carbocycles. The third kappa shape index (κ3) is 7.09. The van der Waals surface area contributed by atoms with Gasteiger partial charge in [0.05, 0.1) is 25.2 Å². The fourth-order valence-electron chi connectivity index (χ4n) is 6.34. The lowest BCUT2D eigenvalue weighted by Crippen LogP contribution is -2.51. The molecule has 2 aliphatic carbocycles. The van der Waals surface area contributed by atoms with Crippen LogP contribution in [0.4, 0.5) is 0 Å². The number of hydrogen-bond acceptors (Lipinski definition) is 5. The van der Waals surface area contributed by atoms with Crippen LogP contribution in [0, 0.1) is 29.6 Å². The SMILES string of the molecule is CC[Si](CC)(CC)O[C@@H]1[C@H](C)[C@H](O[Si](C)(C)C(C)(C)C)[C@H]2[C@H]1C=C(C)[C@H](CO[Si](C)(C)C(C)(C)C)[C@@H]2C(=O)OC. The van der Waals surface area contributed by atoms with Gasteiger partial charge in [0.15, 0.2) is 25.0 Å². The fourth-order valence-corrected chi connectivity index (χ4v) is 11.7. The molecule has 0 heterocycles. The molecule has 5 nitrogen and oxygen atoms in total. The predicted molar refractivity (Wildman–Crippen MR) is 176 cm³/mol. The van der Waals surface area contributed by atoms with Gasteiger partial charge in [-0.3, -0.25) is 4.79 Å². The van der Waals surface area contributed by atoms with E-state index in [2.05, 4.69) is 108 Å². The summed E-state index contributed by atoms with van der Waals surface area (Å²) in [6, 6.07) is 3.33. The van der Waals surface area contributed by atoms with Crippen molar-refractivity contribution in [3.8, 4) is 0 Å². The number of fused-ring (bicyclic) bond motifs is 1. The summed E-state index contributed by atoms with van der Waals surface area (Å²) in [5.74, 6) is -0.128. The highest BCUT2D eigenvalue weighted by Crippen LogP contribution is 2.55. The molecule has 1 fully saturated rings. The quantitative estimate of drug-likeness (QED) is 0.132. The van der Waals surface area contributed by atoms with Crippen LogP contribution in [0.3, 0.4) is 0 Å². The van der Waals surface area contributed by atoms with Crippen molar-refractivity contribution < 1.29 is 22.8 Å². The van der Waals surface area contributed by atoms with Crippen LogP contribution in [0.2, 0.25) is 54.4 Å². The topological polar surface area (TPSA) is 54.0 Å². The van der Waals surface area contributed by atoms with Crippen LogP contribution in [0.1, 0.15) is 76.2 Å². The van der Waals surface area contributed by atoms with E-state index in [9.17, 15) is 4.79 Å². The average Bonchev–Trinajstić information content (AvgIpc) is 3.08. The zero-order chi connectivity index (χ0) is 31.1. The number of esters is 1. The lowest BCUT2D eigenvalue weighted by Gasteiger charge is -2.45. The molecule has 0 radical (unpaired) electrons. The van der Waals surface area contributed by atoms with Gasteiger partial charge in [0.2, 0.25) is 0 Å². The third-order valence-corrected chi connectivity index (χ3v) is 25.2. The number of methoxy groups -OCH3 is 1. The maximum Gasteiger partial charge on any atom is 0.309 e. The predicted octanol–water partition coefficient (Wildman–Crippen LogP) is 9.04. The maximum absolute atomic E-state index is 13.8. The van der Waals surface area contributed by atoms with Crippen molar-refractivity contribution >= 4 is 30.9 Å². The number of carbonyl (C=O) groups is 1. The molecule has 234 valence electrons. The monoisotopic (exact) mass is 612 g/mol. The lowest BCUT2D eigenvalue weighted by molar-refractivity contribution is -0.152. The van der Waals surface area contributed by atoms with Gasteiger partial charge in [-0.25, -0.2) is 0 Å². The molecule has 40 heavy (non-hydrogen) atoms. The first-order valence-corrected chi connectivity index (χ1v) is 24.2. The van der Waals surface area contributed by atoms with Crippen molar-refractivity contribution in [1.29, 1.82) is 0 Å². The fraction of sp³-hybridized carbons (Fsp3) is 0.906. The van der Waals surface area contributed by atoms with E-state index in [1.54, 1.807) is 0 Å². The van der Waals surface area contributed by atoms with E-state index in [-0.39, 0.29) is 57.8 Å². The second-order valence-electron chi connectivity index (χ2n) is 15.8. The van der Waals surface area contributed by atoms with Gasteiger partial charge in [0, 0.05) is 30.3 Å². The largest absolute Gasteiger partial charge is 0.469 e. The van der Waals surface area contributed by atoms with E-state index < -0.39 is 25.0 Å². The van der Waals surface area contributed by atoms with Gasteiger partial charge in [0.25, 0.3) is 0 Å². The van der Waals surface area contributed by atoms with Gasteiger partial charge in [0.1, 0.15) is 0 Å². The zero-order valence-corrected chi connectivity index (χ0v) is 32.0. The summed E-state index contributed by atoms with van der Waals surface area (Å²) < 4.78 is 27.0. The zero-order valence-electron chi connectivity index (χ0n) is 29.0. The van der Waals surface area contributed by atoms with Crippen LogP contribution in [0.5, 0.6) is 0 Å². The minimum atomic E-state index is -2.13. The first kappa shape index (κ1) is 35.9. The van der Waals surface area contributed by atoms with Crippen LogP contribution < -0.4 is 0 Å². The number of hydrogen-bond donors (Lipinski definition) is 0. The summed E-state index contributed by atoms with van der Waals surface area (Å²) in [7, 11) is -4.49. The molecule has 0 aromatic rings. The van der Waals surface area contributed by atoms with Gasteiger partial charge >= 0.3 is 5.97 Å². The highest BCUT2D eigenvalue weighted by molar-refractivity contribution is 6.74. The van der Waals surface area contributed by atoms with Gasteiger partial charge < -0.3 is 18.0 Å². The second kappa shape index (κ2) is 12.8. The minimum absolute atomic E-state index is 0.00978. The van der Waals surface area contributed by atoms with Crippen molar-refractivity contribution in [3.63, 3.8) is 0 Å². The minimum Gasteiger partial charge on any atom is -0.469 e. The molecule has 7 atom stereocenters. The van der Waals surface area contributed by atoms with Crippen LogP contribution in [0.15, 0.2) is 11.6 Å². The lowest BCUT2D eigenvalue weighted by atomic mass is 9.68. The van der Waals surface area contributed by atoms with Gasteiger partial charge in [-0.2, -0.15) is 0 Å². The molecule has 0 N–H and O–H groups in total. The molecule has 1 saturated carbocycles. The van der Waals surface area contributed by atoms with Crippen molar-refractivity contribution in [1.82, 2.24) is 0 Å². The second-order valence-corrected chi connectivity index (χ2v) is 30.1. The van der Waals surface area contributed by atoms with Crippen molar-refractivity contribution in [2.45, 2.75) is 143 Å². The molecule has 0 bridgehead atoms. The molecule has 2 aliphatic rings. The van der Waals surface area contributed by atoms with Crippen molar-refractivity contribution in [2.75, 3.05) is 13.7 Å². The van der Waals surface area contributed by atoms with Crippen LogP contribution >= 0.6 is 0 Å². The molecule has 0 unspecified atom stereocenters. The summed E-state index contributed by atoms with van der Waals surface area (Å²) in [4.78, 5) is 13.8. The van der Waals surface area contributed by atoms with Crippen LogP contribution in [-0.4, -0.2) is 56.8 Å². The van der Waals surface area contributed by atoms with Crippen LogP contribution in [-0.2, 0) is 22.8 Å². The van der Waals surface area contributed by atoms with Crippen LogP contribution in [0.25, 0.3) is 0 Å². The van der Waals surface area contributed by atoms with E-state index in [1.165, 1.54) is 12.7 Å². The smallest absolute Gasteiger partial charge is 0.309 e. The van der Waals surface area contributed by atoms with E-state index in [0.717, 1.165) is 18.1 Å². The third-order valence-electron chi connectivity index (χ3n) is 11.6. The summed E-state index contributed by atoms with van der Waals surface area (Å²) in [6.45, 7) is 34.9. The number of carbonyl (C=O) groups excluding carboxylic acids is 1. The molecule has 0 aliphatic heterocycles. The van der Waals surface area contributed by atoms with E-state index in [0.29, 0.717) is 6.61 Å². The average molecular weight is 613 g/mol.